The maximum absolute atomic E-state index is 9.86. The van der Waals surface area contributed by atoms with E-state index in [-0.39, 0.29) is 0 Å². The fourth-order valence-electron chi connectivity index (χ4n) is 4.16. The predicted octanol–water partition coefficient (Wildman–Crippen LogP) is 3.20. The maximum atomic E-state index is 9.86. The summed E-state index contributed by atoms with van der Waals surface area (Å²) in [4.78, 5) is 9.70. The maximum Gasteiger partial charge on any atom is 0.146 e. The van der Waals surface area contributed by atoms with Crippen molar-refractivity contribution in [2.75, 3.05) is 43.4 Å². The van der Waals surface area contributed by atoms with Gasteiger partial charge in [-0.05, 0) is 43.9 Å². The number of hydrogen-bond donors (Lipinski definition) is 1. The average Bonchev–Trinajstić information content (AvgIpc) is 3.23. The lowest BCUT2D eigenvalue weighted by molar-refractivity contribution is 0.312. The molecule has 0 atom stereocenters. The monoisotopic (exact) mass is 361 g/mol. The molecule has 0 bridgehead atoms. The minimum atomic E-state index is 0.745. The molecular formula is C22H27N5. The van der Waals surface area contributed by atoms with Gasteiger partial charge in [-0.3, -0.25) is 0 Å². The van der Waals surface area contributed by atoms with Gasteiger partial charge in [0.05, 0.1) is 5.56 Å². The largest absolute Gasteiger partial charge is 0.369 e. The Morgan fingerprint density at radius 1 is 1.11 bits per heavy atom. The second-order valence-corrected chi connectivity index (χ2v) is 7.57. The molecule has 4 rings (SSSR count). The first-order valence-electron chi connectivity index (χ1n) is 9.93. The van der Waals surface area contributed by atoms with Crippen LogP contribution in [0.5, 0.6) is 0 Å². The zero-order valence-electron chi connectivity index (χ0n) is 16.0. The lowest BCUT2D eigenvalue weighted by Crippen LogP contribution is -2.31. The van der Waals surface area contributed by atoms with Crippen LogP contribution in [0.3, 0.4) is 0 Å². The van der Waals surface area contributed by atoms with Gasteiger partial charge in [0.25, 0.3) is 0 Å². The summed E-state index contributed by atoms with van der Waals surface area (Å²) in [6.07, 6.45) is 4.30. The number of nitriles is 1. The van der Waals surface area contributed by atoms with E-state index in [4.69, 9.17) is 4.98 Å². The number of pyridine rings is 1. The molecule has 1 aromatic carbocycles. The summed E-state index contributed by atoms with van der Waals surface area (Å²) >= 11 is 0. The van der Waals surface area contributed by atoms with Crippen molar-refractivity contribution in [3.05, 3.63) is 52.6 Å². The third kappa shape index (κ3) is 3.77. The lowest BCUT2D eigenvalue weighted by atomic mass is 9.95. The molecule has 1 fully saturated rings. The molecule has 2 aliphatic rings. The number of likely N-dealkylation sites (N-methyl/N-ethyl adjacent to an activating group) is 1. The molecule has 2 aromatic rings. The van der Waals surface area contributed by atoms with Gasteiger partial charge in [-0.15, -0.1) is 0 Å². The van der Waals surface area contributed by atoms with E-state index in [0.29, 0.717) is 0 Å². The summed E-state index contributed by atoms with van der Waals surface area (Å²) in [6.45, 7) is 4.79. The topological polar surface area (TPSA) is 55.2 Å². The number of rotatable bonds is 5. The number of anilines is 2. The van der Waals surface area contributed by atoms with Gasteiger partial charge in [-0.2, -0.15) is 5.26 Å². The van der Waals surface area contributed by atoms with E-state index in [9.17, 15) is 5.26 Å². The van der Waals surface area contributed by atoms with E-state index in [2.05, 4.69) is 52.5 Å². The fourth-order valence-corrected chi connectivity index (χ4v) is 4.16. The smallest absolute Gasteiger partial charge is 0.146 e. The predicted molar refractivity (Wildman–Crippen MR) is 109 cm³/mol. The summed E-state index contributed by atoms with van der Waals surface area (Å²) in [6, 6.07) is 12.9. The molecule has 3 heterocycles. The Labute approximate surface area is 161 Å². The van der Waals surface area contributed by atoms with Crippen LogP contribution < -0.4 is 10.2 Å². The van der Waals surface area contributed by atoms with E-state index in [1.807, 2.05) is 6.07 Å². The molecule has 1 aromatic heterocycles. The van der Waals surface area contributed by atoms with Crippen molar-refractivity contribution in [3.63, 3.8) is 0 Å². The number of fused-ring (bicyclic) bond motifs is 1. The molecule has 0 unspecified atom stereocenters. The summed E-state index contributed by atoms with van der Waals surface area (Å²) in [5.41, 5.74) is 4.50. The Balaban J connectivity index is 1.64. The molecule has 0 saturated carbocycles. The third-order valence-electron chi connectivity index (χ3n) is 5.63. The van der Waals surface area contributed by atoms with Gasteiger partial charge < -0.3 is 15.1 Å². The number of nitrogens with one attached hydrogen (secondary N) is 1. The van der Waals surface area contributed by atoms with Gasteiger partial charge in [-0.1, -0.05) is 30.3 Å². The highest BCUT2D eigenvalue weighted by atomic mass is 15.2. The Morgan fingerprint density at radius 2 is 1.89 bits per heavy atom. The minimum Gasteiger partial charge on any atom is -0.369 e. The van der Waals surface area contributed by atoms with Crippen LogP contribution in [-0.4, -0.2) is 43.1 Å². The third-order valence-corrected chi connectivity index (χ3v) is 5.63. The van der Waals surface area contributed by atoms with Crippen LogP contribution in [0.4, 0.5) is 11.6 Å². The molecule has 5 nitrogen and oxygen atoms in total. The summed E-state index contributed by atoms with van der Waals surface area (Å²) in [7, 11) is 2.15. The summed E-state index contributed by atoms with van der Waals surface area (Å²) in [5.74, 6) is 1.86. The van der Waals surface area contributed by atoms with E-state index in [1.54, 1.807) is 0 Å². The highest BCUT2D eigenvalue weighted by Crippen LogP contribution is 2.34. The first-order chi connectivity index (χ1) is 13.3. The summed E-state index contributed by atoms with van der Waals surface area (Å²) in [5, 5.41) is 13.3. The van der Waals surface area contributed by atoms with Gasteiger partial charge in [0.15, 0.2) is 0 Å². The van der Waals surface area contributed by atoms with E-state index in [0.717, 1.165) is 62.8 Å². The first kappa shape index (κ1) is 17.8. The van der Waals surface area contributed by atoms with Crippen molar-refractivity contribution in [2.45, 2.75) is 32.2 Å². The minimum absolute atomic E-state index is 0.745. The zero-order chi connectivity index (χ0) is 18.6. The lowest BCUT2D eigenvalue weighted by Gasteiger charge is -2.31. The Morgan fingerprint density at radius 3 is 2.63 bits per heavy atom. The average molecular weight is 361 g/mol. The van der Waals surface area contributed by atoms with Gasteiger partial charge in [0.2, 0.25) is 0 Å². The van der Waals surface area contributed by atoms with Crippen molar-refractivity contribution in [1.29, 1.82) is 5.26 Å². The van der Waals surface area contributed by atoms with Crippen molar-refractivity contribution >= 4 is 11.6 Å². The van der Waals surface area contributed by atoms with E-state index in [1.165, 1.54) is 29.5 Å². The zero-order valence-corrected chi connectivity index (χ0v) is 16.0. The van der Waals surface area contributed by atoms with Crippen LogP contribution >= 0.6 is 0 Å². The Hall–Kier alpha value is -2.58. The molecule has 1 N–H and O–H groups in total. The van der Waals surface area contributed by atoms with Crippen molar-refractivity contribution in [1.82, 2.24) is 9.88 Å². The van der Waals surface area contributed by atoms with Crippen LogP contribution in [0.1, 0.15) is 35.1 Å². The quantitative estimate of drug-likeness (QED) is 0.886. The van der Waals surface area contributed by atoms with Crippen molar-refractivity contribution in [2.24, 2.45) is 0 Å². The molecule has 27 heavy (non-hydrogen) atoms. The number of benzene rings is 1. The van der Waals surface area contributed by atoms with Gasteiger partial charge in [-0.25, -0.2) is 4.98 Å². The second-order valence-electron chi connectivity index (χ2n) is 7.57. The molecule has 0 radical (unpaired) electrons. The standard InChI is InChI=1S/C22H27N5/c1-26-14-10-18-19(15-23)21(24-11-9-17-7-3-2-4-8-17)25-22(20(18)16-26)27-12-5-6-13-27/h2-4,7-8H,5-6,9-14,16H2,1H3,(H,24,25). The molecule has 1 saturated heterocycles. The normalized spacial score (nSPS) is 16.8. The van der Waals surface area contributed by atoms with Crippen molar-refractivity contribution in [3.8, 4) is 6.07 Å². The number of nitrogens with zero attached hydrogens (tertiary/aromatic N) is 4. The molecule has 140 valence electrons. The first-order valence-corrected chi connectivity index (χ1v) is 9.93. The van der Waals surface area contributed by atoms with Gasteiger partial charge >= 0.3 is 0 Å². The van der Waals surface area contributed by atoms with Crippen LogP contribution in [-0.2, 0) is 19.4 Å². The van der Waals surface area contributed by atoms with Crippen LogP contribution in [0, 0.1) is 11.3 Å². The Bertz CT molecular complexity index is 834. The van der Waals surface area contributed by atoms with Crippen molar-refractivity contribution < 1.29 is 0 Å². The van der Waals surface area contributed by atoms with Crippen LogP contribution in [0.25, 0.3) is 0 Å². The fraction of sp³-hybridized carbons (Fsp3) is 0.455. The molecule has 0 spiro atoms. The van der Waals surface area contributed by atoms with E-state index < -0.39 is 0 Å². The highest BCUT2D eigenvalue weighted by Gasteiger charge is 2.27. The van der Waals surface area contributed by atoms with Gasteiger partial charge in [0.1, 0.15) is 17.7 Å². The molecular weight excluding hydrogens is 334 g/mol. The van der Waals surface area contributed by atoms with Crippen LogP contribution in [0.15, 0.2) is 30.3 Å². The second kappa shape index (κ2) is 7.98. The Kier molecular flexibility index (Phi) is 5.26. The molecule has 0 amide bonds. The summed E-state index contributed by atoms with van der Waals surface area (Å²) < 4.78 is 0. The van der Waals surface area contributed by atoms with Gasteiger partial charge in [0, 0.05) is 38.3 Å². The highest BCUT2D eigenvalue weighted by molar-refractivity contribution is 5.67. The van der Waals surface area contributed by atoms with Crippen LogP contribution in [0.2, 0.25) is 0 Å². The molecule has 0 aliphatic carbocycles. The SMILES string of the molecule is CN1CCc2c(C#N)c(NCCc3ccccc3)nc(N3CCCC3)c2C1. The van der Waals surface area contributed by atoms with E-state index >= 15 is 0 Å². The molecule has 5 heteroatoms. The number of aromatic nitrogens is 1. The molecule has 2 aliphatic heterocycles. The number of hydrogen-bond acceptors (Lipinski definition) is 5.